The van der Waals surface area contributed by atoms with Crippen LogP contribution in [0.3, 0.4) is 0 Å². The van der Waals surface area contributed by atoms with E-state index < -0.39 is 8.32 Å². The predicted molar refractivity (Wildman–Crippen MR) is 77.4 cm³/mol. The van der Waals surface area contributed by atoms with E-state index in [0.29, 0.717) is 0 Å². The molecule has 0 radical (unpaired) electrons. The normalized spacial score (nSPS) is 17.8. The van der Waals surface area contributed by atoms with Crippen LogP contribution in [0.1, 0.15) is 33.6 Å². The van der Waals surface area contributed by atoms with Crippen LogP contribution in [0.2, 0.25) is 18.1 Å². The SMILES string of the molecule is C=C(/C=C/N1CCCC1)O[Si](C)(C)C(C)(C)C. The Bertz CT molecular complexity index is 296. The molecule has 2 nitrogen and oxygen atoms in total. The minimum atomic E-state index is -1.71. The van der Waals surface area contributed by atoms with Gasteiger partial charge < -0.3 is 9.33 Å². The van der Waals surface area contributed by atoms with Crippen LogP contribution in [0.4, 0.5) is 0 Å². The second-order valence-corrected chi connectivity index (χ2v) is 11.1. The molecule has 0 saturated carbocycles. The summed E-state index contributed by atoms with van der Waals surface area (Å²) in [6, 6.07) is 0. The molecule has 1 fully saturated rings. The van der Waals surface area contributed by atoms with E-state index in [9.17, 15) is 0 Å². The van der Waals surface area contributed by atoms with Crippen LogP contribution in [0, 0.1) is 0 Å². The largest absolute Gasteiger partial charge is 0.544 e. The van der Waals surface area contributed by atoms with Gasteiger partial charge in [-0.1, -0.05) is 27.4 Å². The van der Waals surface area contributed by atoms with Gasteiger partial charge in [-0.3, -0.25) is 0 Å². The van der Waals surface area contributed by atoms with E-state index in [4.69, 9.17) is 4.43 Å². The van der Waals surface area contributed by atoms with E-state index in [1.807, 2.05) is 6.08 Å². The third-order valence-electron chi connectivity index (χ3n) is 3.80. The number of likely N-dealkylation sites (tertiary alicyclic amines) is 1. The van der Waals surface area contributed by atoms with Crippen molar-refractivity contribution in [1.82, 2.24) is 4.90 Å². The lowest BCUT2D eigenvalue weighted by Gasteiger charge is -2.36. The second-order valence-electron chi connectivity index (χ2n) is 6.39. The molecule has 0 spiro atoms. The highest BCUT2D eigenvalue weighted by Crippen LogP contribution is 2.37. The predicted octanol–water partition coefficient (Wildman–Crippen LogP) is 4.13. The zero-order valence-corrected chi connectivity index (χ0v) is 13.0. The molecule has 0 N–H and O–H groups in total. The standard InChI is InChI=1S/C14H27NOSi/c1-13(9-12-15-10-7-8-11-15)16-17(5,6)14(2,3)4/h9,12H,1,7-8,10-11H2,2-6H3/b12-9+. The molecule has 1 aliphatic heterocycles. The third kappa shape index (κ3) is 4.23. The summed E-state index contributed by atoms with van der Waals surface area (Å²) >= 11 is 0. The first-order valence-corrected chi connectivity index (χ1v) is 9.43. The monoisotopic (exact) mass is 253 g/mol. The van der Waals surface area contributed by atoms with Crippen LogP contribution >= 0.6 is 0 Å². The maximum absolute atomic E-state index is 6.09. The van der Waals surface area contributed by atoms with Crippen LogP contribution < -0.4 is 0 Å². The van der Waals surface area contributed by atoms with E-state index in [1.54, 1.807) is 0 Å². The molecule has 0 aromatic carbocycles. The van der Waals surface area contributed by atoms with Gasteiger partial charge in [0.2, 0.25) is 8.32 Å². The van der Waals surface area contributed by atoms with E-state index in [0.717, 1.165) is 5.76 Å². The summed E-state index contributed by atoms with van der Waals surface area (Å²) in [5.74, 6) is 0.809. The molecule has 0 bridgehead atoms. The Kier molecular flexibility index (Phi) is 4.47. The molecule has 0 aromatic heterocycles. The Hall–Kier alpha value is -0.703. The summed E-state index contributed by atoms with van der Waals surface area (Å²) in [5.41, 5.74) is 0. The van der Waals surface area contributed by atoms with Crippen molar-refractivity contribution in [2.24, 2.45) is 0 Å². The van der Waals surface area contributed by atoms with Crippen molar-refractivity contribution in [2.45, 2.75) is 51.7 Å². The van der Waals surface area contributed by atoms with E-state index in [1.165, 1.54) is 25.9 Å². The highest BCUT2D eigenvalue weighted by molar-refractivity contribution is 6.74. The van der Waals surface area contributed by atoms with Gasteiger partial charge in [0.05, 0.1) is 5.76 Å². The highest BCUT2D eigenvalue weighted by atomic mass is 28.4. The molecule has 3 heteroatoms. The van der Waals surface area contributed by atoms with Gasteiger partial charge in [-0.15, -0.1) is 0 Å². The van der Waals surface area contributed by atoms with Crippen molar-refractivity contribution in [2.75, 3.05) is 13.1 Å². The fraction of sp³-hybridized carbons (Fsp3) is 0.714. The van der Waals surface area contributed by atoms with Crippen LogP contribution in [0.25, 0.3) is 0 Å². The van der Waals surface area contributed by atoms with E-state index in [-0.39, 0.29) is 5.04 Å². The number of rotatable bonds is 4. The van der Waals surface area contributed by atoms with Crippen molar-refractivity contribution in [3.63, 3.8) is 0 Å². The van der Waals surface area contributed by atoms with Crippen LogP contribution in [0.15, 0.2) is 24.6 Å². The summed E-state index contributed by atoms with van der Waals surface area (Å²) in [4.78, 5) is 2.33. The van der Waals surface area contributed by atoms with Crippen molar-refractivity contribution >= 4 is 8.32 Å². The molecular formula is C14H27NOSi. The van der Waals surface area contributed by atoms with Crippen LogP contribution in [-0.4, -0.2) is 26.3 Å². The molecule has 1 heterocycles. The molecular weight excluding hydrogens is 226 g/mol. The Morgan fingerprint density at radius 3 is 2.24 bits per heavy atom. The Morgan fingerprint density at radius 2 is 1.76 bits per heavy atom. The van der Waals surface area contributed by atoms with Crippen molar-refractivity contribution in [3.8, 4) is 0 Å². The molecule has 0 amide bonds. The lowest BCUT2D eigenvalue weighted by atomic mass is 10.2. The fourth-order valence-corrected chi connectivity index (χ4v) is 2.62. The first-order chi connectivity index (χ1) is 7.72. The van der Waals surface area contributed by atoms with Gasteiger partial charge in [0, 0.05) is 19.3 Å². The Morgan fingerprint density at radius 1 is 1.24 bits per heavy atom. The number of hydrogen-bond acceptors (Lipinski definition) is 2. The minimum Gasteiger partial charge on any atom is -0.544 e. The van der Waals surface area contributed by atoms with Gasteiger partial charge in [0.15, 0.2) is 0 Å². The summed E-state index contributed by atoms with van der Waals surface area (Å²) < 4.78 is 6.09. The fourth-order valence-electron chi connectivity index (χ4n) is 1.59. The minimum absolute atomic E-state index is 0.234. The molecule has 0 aromatic rings. The first-order valence-electron chi connectivity index (χ1n) is 6.52. The Balaban J connectivity index is 2.49. The van der Waals surface area contributed by atoms with Crippen LogP contribution in [0.5, 0.6) is 0 Å². The lowest BCUT2D eigenvalue weighted by Crippen LogP contribution is -2.40. The molecule has 0 aliphatic carbocycles. The van der Waals surface area contributed by atoms with Gasteiger partial charge in [-0.05, 0) is 37.0 Å². The second kappa shape index (κ2) is 5.30. The van der Waals surface area contributed by atoms with Crippen molar-refractivity contribution in [1.29, 1.82) is 0 Å². The number of allylic oxidation sites excluding steroid dienone is 1. The third-order valence-corrected chi connectivity index (χ3v) is 8.19. The van der Waals surface area contributed by atoms with Gasteiger partial charge in [-0.25, -0.2) is 0 Å². The smallest absolute Gasteiger partial charge is 0.250 e. The van der Waals surface area contributed by atoms with Gasteiger partial charge in [0.1, 0.15) is 0 Å². The highest BCUT2D eigenvalue weighted by Gasteiger charge is 2.38. The molecule has 1 aliphatic rings. The number of nitrogens with zero attached hydrogens (tertiary/aromatic N) is 1. The first kappa shape index (κ1) is 14.4. The summed E-state index contributed by atoms with van der Waals surface area (Å²) in [5, 5.41) is 0.234. The number of hydrogen-bond donors (Lipinski definition) is 0. The van der Waals surface area contributed by atoms with Crippen molar-refractivity contribution in [3.05, 3.63) is 24.6 Å². The molecule has 17 heavy (non-hydrogen) atoms. The van der Waals surface area contributed by atoms with Gasteiger partial charge in [-0.2, -0.15) is 0 Å². The molecule has 0 unspecified atom stereocenters. The summed E-state index contributed by atoms with van der Waals surface area (Å²) in [6.07, 6.45) is 6.76. The maximum Gasteiger partial charge on any atom is 0.250 e. The van der Waals surface area contributed by atoms with E-state index in [2.05, 4.69) is 51.5 Å². The molecule has 98 valence electrons. The topological polar surface area (TPSA) is 12.5 Å². The molecule has 0 atom stereocenters. The average molecular weight is 253 g/mol. The Labute approximate surface area is 107 Å². The quantitative estimate of drug-likeness (QED) is 0.424. The molecule has 1 rings (SSSR count). The lowest BCUT2D eigenvalue weighted by molar-refractivity contribution is 0.397. The summed E-state index contributed by atoms with van der Waals surface area (Å²) in [7, 11) is -1.71. The zero-order valence-electron chi connectivity index (χ0n) is 12.0. The van der Waals surface area contributed by atoms with Crippen molar-refractivity contribution < 1.29 is 4.43 Å². The van der Waals surface area contributed by atoms with Crippen LogP contribution in [-0.2, 0) is 4.43 Å². The zero-order chi connectivity index (χ0) is 13.1. The summed E-state index contributed by atoms with van der Waals surface area (Å²) in [6.45, 7) is 17.6. The van der Waals surface area contributed by atoms with Gasteiger partial charge >= 0.3 is 0 Å². The maximum atomic E-state index is 6.09. The molecule has 1 saturated heterocycles. The average Bonchev–Trinajstić information content (AvgIpc) is 2.64. The van der Waals surface area contributed by atoms with Gasteiger partial charge in [0.25, 0.3) is 0 Å². The van der Waals surface area contributed by atoms with E-state index >= 15 is 0 Å².